The first kappa shape index (κ1) is 16.8. The van der Waals surface area contributed by atoms with Gasteiger partial charge in [-0.1, -0.05) is 25.1 Å². The number of nitrogens with one attached hydrogen (secondary N) is 1. The Labute approximate surface area is 125 Å². The van der Waals surface area contributed by atoms with Crippen LogP contribution >= 0.6 is 0 Å². The van der Waals surface area contributed by atoms with E-state index in [1.54, 1.807) is 31.2 Å². The Morgan fingerprint density at radius 2 is 2.19 bits per heavy atom. The summed E-state index contributed by atoms with van der Waals surface area (Å²) < 4.78 is 5.50. The van der Waals surface area contributed by atoms with Gasteiger partial charge in [0.2, 0.25) is 0 Å². The van der Waals surface area contributed by atoms with E-state index in [1.807, 2.05) is 13.8 Å². The molecule has 0 aliphatic rings. The number of hydrogen-bond acceptors (Lipinski definition) is 4. The molecule has 0 radical (unpaired) electrons. The summed E-state index contributed by atoms with van der Waals surface area (Å²) in [6.45, 7) is 6.17. The first-order valence-corrected chi connectivity index (χ1v) is 7.00. The fraction of sp³-hybridized carbons (Fsp3) is 0.467. The Bertz CT molecular complexity index is 517. The Kier molecular flexibility index (Phi) is 6.02. The van der Waals surface area contributed by atoms with E-state index in [4.69, 9.17) is 15.7 Å². The first-order valence-electron chi connectivity index (χ1n) is 7.00. The molecule has 0 bridgehead atoms. The molecule has 1 amide bonds. The summed E-state index contributed by atoms with van der Waals surface area (Å²) in [6, 6.07) is 6.92. The van der Waals surface area contributed by atoms with Crippen molar-refractivity contribution in [2.45, 2.75) is 39.2 Å². The van der Waals surface area contributed by atoms with E-state index < -0.39 is 5.54 Å². The summed E-state index contributed by atoms with van der Waals surface area (Å²) in [6.07, 6.45) is 1.40. The van der Waals surface area contributed by atoms with Gasteiger partial charge in [-0.2, -0.15) is 0 Å². The van der Waals surface area contributed by atoms with E-state index >= 15 is 0 Å². The third-order valence-electron chi connectivity index (χ3n) is 3.34. The van der Waals surface area contributed by atoms with Gasteiger partial charge in [0.25, 0.3) is 5.91 Å². The van der Waals surface area contributed by atoms with Gasteiger partial charge < -0.3 is 21.0 Å². The fourth-order valence-electron chi connectivity index (χ4n) is 1.71. The Balaban J connectivity index is 2.88. The van der Waals surface area contributed by atoms with Gasteiger partial charge in [-0.15, -0.1) is 0 Å². The first-order chi connectivity index (χ1) is 9.96. The molecule has 0 aromatic heterocycles. The maximum atomic E-state index is 12.3. The predicted octanol–water partition coefficient (Wildman–Crippen LogP) is 2.12. The van der Waals surface area contributed by atoms with Crippen molar-refractivity contribution >= 4 is 11.7 Å². The van der Waals surface area contributed by atoms with Gasteiger partial charge >= 0.3 is 0 Å². The van der Waals surface area contributed by atoms with Crippen molar-refractivity contribution in [3.8, 4) is 5.75 Å². The number of carbonyl (C=O) groups excluding carboxylic acids is 1. The molecule has 6 nitrogen and oxygen atoms in total. The summed E-state index contributed by atoms with van der Waals surface area (Å²) in [5.74, 6) is 0.316. The highest BCUT2D eigenvalue weighted by Crippen LogP contribution is 2.16. The van der Waals surface area contributed by atoms with Crippen LogP contribution in [0, 0.1) is 0 Å². The van der Waals surface area contributed by atoms with Crippen LogP contribution in [0.5, 0.6) is 5.75 Å². The lowest BCUT2D eigenvalue weighted by molar-refractivity contribution is 0.0924. The molecule has 0 aliphatic carbocycles. The molecule has 0 saturated carbocycles. The van der Waals surface area contributed by atoms with Gasteiger partial charge in [-0.05, 0) is 38.0 Å². The van der Waals surface area contributed by atoms with Crippen LogP contribution in [-0.4, -0.2) is 29.1 Å². The average Bonchev–Trinajstić information content (AvgIpc) is 2.52. The van der Waals surface area contributed by atoms with Crippen LogP contribution in [0.15, 0.2) is 29.4 Å². The molecule has 1 rings (SSSR count). The number of ether oxygens (including phenoxy) is 1. The highest BCUT2D eigenvalue weighted by molar-refractivity contribution is 6.00. The smallest absolute Gasteiger partial charge is 0.252 e. The third kappa shape index (κ3) is 4.37. The Hall–Kier alpha value is -2.24. The van der Waals surface area contributed by atoms with Crippen molar-refractivity contribution in [2.75, 3.05) is 6.61 Å². The largest absolute Gasteiger partial charge is 0.494 e. The summed E-state index contributed by atoms with van der Waals surface area (Å²) in [4.78, 5) is 12.3. The van der Waals surface area contributed by atoms with Crippen molar-refractivity contribution in [3.05, 3.63) is 29.8 Å². The second kappa shape index (κ2) is 7.52. The SMILES string of the molecule is CCCOc1cccc(C(=O)NC(C)(CC)C(N)=NO)c1. The topological polar surface area (TPSA) is 96.9 Å². The third-order valence-corrected chi connectivity index (χ3v) is 3.34. The molecule has 21 heavy (non-hydrogen) atoms. The molecular formula is C15H23N3O3. The molecule has 0 heterocycles. The second-order valence-electron chi connectivity index (χ2n) is 5.00. The van der Waals surface area contributed by atoms with E-state index in [2.05, 4.69) is 10.5 Å². The molecule has 0 aliphatic heterocycles. The number of carbonyl (C=O) groups is 1. The zero-order valence-corrected chi connectivity index (χ0v) is 12.7. The van der Waals surface area contributed by atoms with Gasteiger partial charge in [-0.25, -0.2) is 0 Å². The molecule has 6 heteroatoms. The number of rotatable bonds is 7. The molecular weight excluding hydrogens is 270 g/mol. The second-order valence-corrected chi connectivity index (χ2v) is 5.00. The maximum Gasteiger partial charge on any atom is 0.252 e. The minimum Gasteiger partial charge on any atom is -0.494 e. The van der Waals surface area contributed by atoms with Crippen molar-refractivity contribution in [3.63, 3.8) is 0 Å². The van der Waals surface area contributed by atoms with Crippen LogP contribution in [0.4, 0.5) is 0 Å². The number of amides is 1. The lowest BCUT2D eigenvalue weighted by Gasteiger charge is -2.28. The molecule has 0 spiro atoms. The highest BCUT2D eigenvalue weighted by atomic mass is 16.5. The van der Waals surface area contributed by atoms with Crippen LogP contribution in [-0.2, 0) is 0 Å². The van der Waals surface area contributed by atoms with E-state index in [0.29, 0.717) is 24.3 Å². The van der Waals surface area contributed by atoms with E-state index in [0.717, 1.165) is 6.42 Å². The van der Waals surface area contributed by atoms with Crippen molar-refractivity contribution in [1.29, 1.82) is 0 Å². The van der Waals surface area contributed by atoms with Gasteiger partial charge in [-0.3, -0.25) is 4.79 Å². The predicted molar refractivity (Wildman–Crippen MR) is 81.8 cm³/mol. The maximum absolute atomic E-state index is 12.3. The van der Waals surface area contributed by atoms with Crippen LogP contribution in [0.2, 0.25) is 0 Å². The van der Waals surface area contributed by atoms with Crippen LogP contribution in [0.3, 0.4) is 0 Å². The van der Waals surface area contributed by atoms with Crippen molar-refractivity contribution < 1.29 is 14.7 Å². The molecule has 1 atom stereocenters. The lowest BCUT2D eigenvalue weighted by atomic mass is 9.97. The summed E-state index contributed by atoms with van der Waals surface area (Å²) in [5.41, 5.74) is 5.21. The van der Waals surface area contributed by atoms with E-state index in [-0.39, 0.29) is 11.7 Å². The standard InChI is InChI=1S/C15H23N3O3/c1-4-9-21-12-8-6-7-11(10-12)13(19)17-15(3,5-2)14(16)18-20/h6-8,10,20H,4-5,9H2,1-3H3,(H2,16,18)(H,17,19). The number of nitrogens with zero attached hydrogens (tertiary/aromatic N) is 1. The molecule has 4 N–H and O–H groups in total. The molecule has 1 unspecified atom stereocenters. The van der Waals surface area contributed by atoms with Crippen LogP contribution < -0.4 is 15.8 Å². The summed E-state index contributed by atoms with van der Waals surface area (Å²) in [7, 11) is 0. The quantitative estimate of drug-likeness (QED) is 0.310. The molecule has 0 fully saturated rings. The molecule has 0 saturated heterocycles. The number of nitrogens with two attached hydrogens (primary N) is 1. The highest BCUT2D eigenvalue weighted by Gasteiger charge is 2.30. The van der Waals surface area contributed by atoms with Gasteiger partial charge in [0, 0.05) is 5.56 Å². The average molecular weight is 293 g/mol. The number of oxime groups is 1. The lowest BCUT2D eigenvalue weighted by Crippen LogP contribution is -2.55. The number of amidine groups is 1. The molecule has 116 valence electrons. The monoisotopic (exact) mass is 293 g/mol. The Morgan fingerprint density at radius 3 is 2.76 bits per heavy atom. The van der Waals surface area contributed by atoms with E-state index in [1.165, 1.54) is 0 Å². The summed E-state index contributed by atoms with van der Waals surface area (Å²) >= 11 is 0. The Morgan fingerprint density at radius 1 is 1.48 bits per heavy atom. The fourth-order valence-corrected chi connectivity index (χ4v) is 1.71. The number of benzene rings is 1. The molecule has 1 aromatic rings. The normalized spacial score (nSPS) is 14.3. The molecule has 1 aromatic carbocycles. The zero-order chi connectivity index (χ0) is 15.9. The van der Waals surface area contributed by atoms with Crippen LogP contribution in [0.1, 0.15) is 44.0 Å². The van der Waals surface area contributed by atoms with Crippen molar-refractivity contribution in [1.82, 2.24) is 5.32 Å². The van der Waals surface area contributed by atoms with Gasteiger partial charge in [0.15, 0.2) is 5.84 Å². The van der Waals surface area contributed by atoms with E-state index in [9.17, 15) is 4.79 Å². The minimum atomic E-state index is -0.897. The number of hydrogen-bond donors (Lipinski definition) is 3. The van der Waals surface area contributed by atoms with Crippen molar-refractivity contribution in [2.24, 2.45) is 10.9 Å². The van der Waals surface area contributed by atoms with Crippen LogP contribution in [0.25, 0.3) is 0 Å². The zero-order valence-electron chi connectivity index (χ0n) is 12.7. The van der Waals surface area contributed by atoms with Gasteiger partial charge in [0.1, 0.15) is 5.75 Å². The summed E-state index contributed by atoms with van der Waals surface area (Å²) in [5, 5.41) is 14.6. The minimum absolute atomic E-state index is 0.0308. The van der Waals surface area contributed by atoms with Gasteiger partial charge in [0.05, 0.1) is 12.1 Å².